The first-order valence-corrected chi connectivity index (χ1v) is 7.51. The van der Waals surface area contributed by atoms with E-state index in [1.54, 1.807) is 0 Å². The number of hydrogen-bond acceptors (Lipinski definition) is 2. The van der Waals surface area contributed by atoms with Gasteiger partial charge in [0.05, 0.1) is 0 Å². The Hall–Kier alpha value is -0.570. The van der Waals surface area contributed by atoms with Gasteiger partial charge >= 0.3 is 0 Å². The minimum absolute atomic E-state index is 0.132. The lowest BCUT2D eigenvalue weighted by atomic mass is 9.89. The first kappa shape index (κ1) is 12.5. The minimum atomic E-state index is 0.132. The largest absolute Gasteiger partial charge is 0.355 e. The van der Waals surface area contributed by atoms with Gasteiger partial charge < -0.3 is 11.1 Å². The van der Waals surface area contributed by atoms with E-state index in [0.29, 0.717) is 18.4 Å². The molecule has 0 aliphatic heterocycles. The quantitative estimate of drug-likeness (QED) is 0.781. The van der Waals surface area contributed by atoms with Crippen LogP contribution in [0.5, 0.6) is 0 Å². The van der Waals surface area contributed by atoms with Crippen LogP contribution in [0.3, 0.4) is 0 Å². The van der Waals surface area contributed by atoms with Crippen molar-refractivity contribution < 1.29 is 4.79 Å². The highest BCUT2D eigenvalue weighted by molar-refractivity contribution is 5.82. The van der Waals surface area contributed by atoms with Crippen molar-refractivity contribution in [2.45, 2.75) is 39.5 Å². The van der Waals surface area contributed by atoms with Crippen molar-refractivity contribution in [2.24, 2.45) is 40.7 Å². The molecule has 0 spiro atoms. The molecule has 3 fully saturated rings. The standard InChI is InChI=1S/C15H26N2O/c1-15(2,5-6-16)8-17-14(18)13-11-9-3-4-10(7-9)12(11)13/h9-13H,3-8,16H2,1-2H3,(H,17,18). The van der Waals surface area contributed by atoms with Gasteiger partial charge in [-0.15, -0.1) is 0 Å². The fourth-order valence-corrected chi connectivity index (χ4v) is 4.60. The van der Waals surface area contributed by atoms with Crippen LogP contribution >= 0.6 is 0 Å². The molecule has 18 heavy (non-hydrogen) atoms. The molecule has 0 heterocycles. The number of fused-ring (bicyclic) bond motifs is 5. The molecule has 3 N–H and O–H groups in total. The van der Waals surface area contributed by atoms with Gasteiger partial charge in [0.1, 0.15) is 0 Å². The van der Waals surface area contributed by atoms with E-state index in [0.717, 1.165) is 36.6 Å². The van der Waals surface area contributed by atoms with E-state index in [9.17, 15) is 4.79 Å². The molecule has 102 valence electrons. The Kier molecular flexibility index (Phi) is 2.92. The Labute approximate surface area is 110 Å². The molecular formula is C15H26N2O. The summed E-state index contributed by atoms with van der Waals surface area (Å²) in [6, 6.07) is 0. The summed E-state index contributed by atoms with van der Waals surface area (Å²) in [5, 5.41) is 3.17. The van der Waals surface area contributed by atoms with Crippen molar-refractivity contribution in [2.75, 3.05) is 13.1 Å². The summed E-state index contributed by atoms with van der Waals surface area (Å²) in [6.07, 6.45) is 5.15. The zero-order chi connectivity index (χ0) is 12.9. The van der Waals surface area contributed by atoms with E-state index in [2.05, 4.69) is 19.2 Å². The molecule has 0 aromatic heterocycles. The number of rotatable bonds is 5. The maximum Gasteiger partial charge on any atom is 0.223 e. The highest BCUT2D eigenvalue weighted by Gasteiger charge is 2.67. The molecule has 3 nitrogen and oxygen atoms in total. The van der Waals surface area contributed by atoms with Crippen LogP contribution in [0, 0.1) is 35.0 Å². The van der Waals surface area contributed by atoms with Gasteiger partial charge in [-0.25, -0.2) is 0 Å². The number of nitrogens with one attached hydrogen (secondary N) is 1. The number of nitrogens with two attached hydrogens (primary N) is 1. The second kappa shape index (κ2) is 4.22. The molecular weight excluding hydrogens is 224 g/mol. The molecule has 0 radical (unpaired) electrons. The molecule has 3 aliphatic carbocycles. The SMILES string of the molecule is CC(C)(CCN)CNC(=O)C1C2C3CCC(C3)C12. The molecule has 0 saturated heterocycles. The Morgan fingerprint density at radius 2 is 1.89 bits per heavy atom. The number of carbonyl (C=O) groups excluding carboxylic acids is 1. The lowest BCUT2D eigenvalue weighted by Gasteiger charge is -2.24. The van der Waals surface area contributed by atoms with Crippen LogP contribution in [0.15, 0.2) is 0 Å². The molecule has 0 aromatic carbocycles. The van der Waals surface area contributed by atoms with Crippen LogP contribution in [-0.4, -0.2) is 19.0 Å². The van der Waals surface area contributed by atoms with Gasteiger partial charge in [-0.05, 0) is 61.3 Å². The number of carbonyl (C=O) groups is 1. The molecule has 1 amide bonds. The third-order valence-electron chi connectivity index (χ3n) is 5.60. The molecule has 4 unspecified atom stereocenters. The summed E-state index contributed by atoms with van der Waals surface area (Å²) in [7, 11) is 0. The van der Waals surface area contributed by atoms with E-state index in [4.69, 9.17) is 5.73 Å². The first-order valence-electron chi connectivity index (χ1n) is 7.51. The summed E-state index contributed by atoms with van der Waals surface area (Å²) in [5.74, 6) is 3.96. The maximum atomic E-state index is 12.2. The Morgan fingerprint density at radius 1 is 1.28 bits per heavy atom. The van der Waals surface area contributed by atoms with Gasteiger partial charge in [-0.1, -0.05) is 13.8 Å². The summed E-state index contributed by atoms with van der Waals surface area (Å²) in [4.78, 5) is 12.2. The van der Waals surface area contributed by atoms with Crippen LogP contribution < -0.4 is 11.1 Å². The predicted octanol–water partition coefficient (Wildman–Crippen LogP) is 1.77. The Bertz CT molecular complexity index is 336. The van der Waals surface area contributed by atoms with Gasteiger partial charge in [0.2, 0.25) is 5.91 Å². The van der Waals surface area contributed by atoms with Crippen LogP contribution in [-0.2, 0) is 4.79 Å². The van der Waals surface area contributed by atoms with E-state index in [1.807, 2.05) is 0 Å². The highest BCUT2D eigenvalue weighted by atomic mass is 16.2. The lowest BCUT2D eigenvalue weighted by Crippen LogP contribution is -2.37. The van der Waals surface area contributed by atoms with E-state index < -0.39 is 0 Å². The van der Waals surface area contributed by atoms with Crippen molar-refractivity contribution in [3.8, 4) is 0 Å². The summed E-state index contributed by atoms with van der Waals surface area (Å²) in [6.45, 7) is 5.82. The number of hydrogen-bond donors (Lipinski definition) is 2. The highest BCUT2D eigenvalue weighted by Crippen LogP contribution is 2.69. The van der Waals surface area contributed by atoms with Crippen molar-refractivity contribution >= 4 is 5.91 Å². The molecule has 3 saturated carbocycles. The number of amides is 1. The smallest absolute Gasteiger partial charge is 0.223 e. The third kappa shape index (κ3) is 1.97. The fraction of sp³-hybridized carbons (Fsp3) is 0.933. The van der Waals surface area contributed by atoms with E-state index in [-0.39, 0.29) is 5.41 Å². The molecule has 0 aromatic rings. The predicted molar refractivity (Wildman–Crippen MR) is 71.8 cm³/mol. The second-order valence-corrected chi connectivity index (χ2v) is 7.43. The van der Waals surface area contributed by atoms with Crippen molar-refractivity contribution in [3.63, 3.8) is 0 Å². The maximum absolute atomic E-state index is 12.2. The second-order valence-electron chi connectivity index (χ2n) is 7.43. The van der Waals surface area contributed by atoms with Crippen LogP contribution in [0.2, 0.25) is 0 Å². The van der Waals surface area contributed by atoms with Gasteiger partial charge in [0, 0.05) is 12.5 Å². The Balaban J connectivity index is 1.49. The zero-order valence-corrected chi connectivity index (χ0v) is 11.6. The summed E-state index contributed by atoms with van der Waals surface area (Å²) < 4.78 is 0. The topological polar surface area (TPSA) is 55.1 Å². The third-order valence-corrected chi connectivity index (χ3v) is 5.60. The molecule has 3 aliphatic rings. The monoisotopic (exact) mass is 250 g/mol. The van der Waals surface area contributed by atoms with Gasteiger partial charge in [0.15, 0.2) is 0 Å². The Morgan fingerprint density at radius 3 is 2.44 bits per heavy atom. The van der Waals surface area contributed by atoms with Crippen molar-refractivity contribution in [1.29, 1.82) is 0 Å². The van der Waals surface area contributed by atoms with E-state index in [1.165, 1.54) is 19.3 Å². The van der Waals surface area contributed by atoms with E-state index >= 15 is 0 Å². The lowest BCUT2D eigenvalue weighted by molar-refractivity contribution is -0.123. The van der Waals surface area contributed by atoms with Crippen LogP contribution in [0.4, 0.5) is 0 Å². The fourth-order valence-electron chi connectivity index (χ4n) is 4.60. The molecule has 2 bridgehead atoms. The van der Waals surface area contributed by atoms with Crippen molar-refractivity contribution in [3.05, 3.63) is 0 Å². The van der Waals surface area contributed by atoms with Crippen molar-refractivity contribution in [1.82, 2.24) is 5.32 Å². The zero-order valence-electron chi connectivity index (χ0n) is 11.6. The van der Waals surface area contributed by atoms with Gasteiger partial charge in [-0.2, -0.15) is 0 Å². The average molecular weight is 250 g/mol. The first-order chi connectivity index (χ1) is 8.53. The van der Waals surface area contributed by atoms with Crippen LogP contribution in [0.1, 0.15) is 39.5 Å². The summed E-state index contributed by atoms with van der Waals surface area (Å²) >= 11 is 0. The molecule has 3 rings (SSSR count). The van der Waals surface area contributed by atoms with Gasteiger partial charge in [0.25, 0.3) is 0 Å². The summed E-state index contributed by atoms with van der Waals surface area (Å²) in [5.41, 5.74) is 5.73. The average Bonchev–Trinajstić information content (AvgIpc) is 2.75. The molecule has 4 atom stereocenters. The molecule has 3 heteroatoms. The van der Waals surface area contributed by atoms with Gasteiger partial charge in [-0.3, -0.25) is 4.79 Å². The normalized spacial score (nSPS) is 40.7. The van der Waals surface area contributed by atoms with Crippen LogP contribution in [0.25, 0.3) is 0 Å². The minimum Gasteiger partial charge on any atom is -0.355 e.